The van der Waals surface area contributed by atoms with E-state index in [1.54, 1.807) is 11.3 Å². The summed E-state index contributed by atoms with van der Waals surface area (Å²) in [4.78, 5) is 13.9. The molecule has 5 heteroatoms. The molecular weight excluding hydrogens is 248 g/mol. The van der Waals surface area contributed by atoms with Crippen LogP contribution in [0.5, 0.6) is 0 Å². The highest BCUT2D eigenvalue weighted by Crippen LogP contribution is 2.31. The molecule has 0 aromatic carbocycles. The van der Waals surface area contributed by atoms with Gasteiger partial charge < -0.3 is 9.64 Å². The Balaban J connectivity index is 1.77. The van der Waals surface area contributed by atoms with Gasteiger partial charge in [-0.25, -0.2) is 0 Å². The Bertz CT molecular complexity index is 426. The Morgan fingerprint density at radius 1 is 1.67 bits per heavy atom. The van der Waals surface area contributed by atoms with E-state index in [0.29, 0.717) is 13.1 Å². The van der Waals surface area contributed by atoms with Crippen LogP contribution in [0.25, 0.3) is 0 Å². The van der Waals surface area contributed by atoms with Crippen molar-refractivity contribution >= 4 is 17.2 Å². The molecule has 2 fully saturated rings. The van der Waals surface area contributed by atoms with Crippen LogP contribution in [0.15, 0.2) is 16.8 Å². The van der Waals surface area contributed by atoms with E-state index in [4.69, 9.17) is 4.74 Å². The van der Waals surface area contributed by atoms with Crippen molar-refractivity contribution in [3.63, 3.8) is 0 Å². The summed E-state index contributed by atoms with van der Waals surface area (Å²) < 4.78 is 5.80. The number of amides is 1. The largest absolute Gasteiger partial charge is 0.373 e. The molecule has 0 spiro atoms. The van der Waals surface area contributed by atoms with Gasteiger partial charge in [0, 0.05) is 6.61 Å². The number of thiophene rings is 1. The van der Waals surface area contributed by atoms with E-state index in [9.17, 15) is 4.79 Å². The van der Waals surface area contributed by atoms with Gasteiger partial charge in [0.1, 0.15) is 6.17 Å². The minimum Gasteiger partial charge on any atom is -0.373 e. The quantitative estimate of drug-likeness (QED) is 0.906. The number of nitrogens with one attached hydrogen (secondary N) is 1. The molecule has 3 rings (SSSR count). The Hall–Kier alpha value is -0.910. The van der Waals surface area contributed by atoms with Crippen molar-refractivity contribution in [3.8, 4) is 0 Å². The lowest BCUT2D eigenvalue weighted by Crippen LogP contribution is -2.43. The summed E-state index contributed by atoms with van der Waals surface area (Å²) in [6, 6.07) is 2.08. The Morgan fingerprint density at radius 3 is 3.22 bits per heavy atom. The fourth-order valence-corrected chi connectivity index (χ4v) is 3.45. The average Bonchev–Trinajstić information content (AvgIpc) is 3.03. The molecule has 1 aromatic rings. The summed E-state index contributed by atoms with van der Waals surface area (Å²) in [6.07, 6.45) is 2.15. The van der Waals surface area contributed by atoms with Crippen molar-refractivity contribution in [2.24, 2.45) is 0 Å². The van der Waals surface area contributed by atoms with E-state index >= 15 is 0 Å². The summed E-state index contributed by atoms with van der Waals surface area (Å²) in [5.74, 6) is 0.169. The van der Waals surface area contributed by atoms with E-state index in [1.807, 2.05) is 10.3 Å². The minimum absolute atomic E-state index is 0.0183. The molecule has 0 aliphatic carbocycles. The summed E-state index contributed by atoms with van der Waals surface area (Å²) in [7, 11) is 0. The Morgan fingerprint density at radius 2 is 2.56 bits per heavy atom. The molecule has 18 heavy (non-hydrogen) atoms. The number of carbonyl (C=O) groups excluding carboxylic acids is 1. The van der Waals surface area contributed by atoms with Crippen LogP contribution in [-0.2, 0) is 9.53 Å². The maximum Gasteiger partial charge on any atom is 0.238 e. The lowest BCUT2D eigenvalue weighted by molar-refractivity contribution is -0.131. The lowest BCUT2D eigenvalue weighted by atomic mass is 10.0. The second-order valence-corrected chi connectivity index (χ2v) is 6.04. The maximum absolute atomic E-state index is 12.0. The molecule has 98 valence electrons. The average molecular weight is 266 g/mol. The van der Waals surface area contributed by atoms with Gasteiger partial charge >= 0.3 is 0 Å². The summed E-state index contributed by atoms with van der Waals surface area (Å²) in [5.41, 5.74) is 1.00. The predicted octanol–water partition coefficient (Wildman–Crippen LogP) is 1.75. The third-order valence-corrected chi connectivity index (χ3v) is 4.44. The van der Waals surface area contributed by atoms with Gasteiger partial charge in [-0.3, -0.25) is 10.1 Å². The summed E-state index contributed by atoms with van der Waals surface area (Å²) in [5, 5.41) is 7.42. The van der Waals surface area contributed by atoms with Crippen molar-refractivity contribution in [1.82, 2.24) is 10.2 Å². The zero-order chi connectivity index (χ0) is 12.6. The van der Waals surface area contributed by atoms with Crippen LogP contribution in [0.2, 0.25) is 0 Å². The first-order valence-electron chi connectivity index (χ1n) is 6.37. The molecule has 2 unspecified atom stereocenters. The van der Waals surface area contributed by atoms with Crippen LogP contribution in [-0.4, -0.2) is 36.1 Å². The van der Waals surface area contributed by atoms with Crippen LogP contribution in [0.3, 0.4) is 0 Å². The fraction of sp³-hybridized carbons (Fsp3) is 0.615. The van der Waals surface area contributed by atoms with Crippen molar-refractivity contribution in [1.29, 1.82) is 0 Å². The molecular formula is C13H18N2O2S. The maximum atomic E-state index is 12.0. The van der Waals surface area contributed by atoms with E-state index in [0.717, 1.165) is 19.4 Å². The van der Waals surface area contributed by atoms with E-state index in [-0.39, 0.29) is 17.7 Å². The Kier molecular flexibility index (Phi) is 3.13. The highest BCUT2D eigenvalue weighted by atomic mass is 32.1. The zero-order valence-electron chi connectivity index (χ0n) is 10.5. The third-order valence-electron chi connectivity index (χ3n) is 3.74. The van der Waals surface area contributed by atoms with Crippen LogP contribution in [0, 0.1) is 0 Å². The van der Waals surface area contributed by atoms with Crippen LogP contribution < -0.4 is 5.32 Å². The van der Waals surface area contributed by atoms with Crippen LogP contribution >= 0.6 is 11.3 Å². The van der Waals surface area contributed by atoms with Crippen molar-refractivity contribution in [2.45, 2.75) is 31.5 Å². The summed E-state index contributed by atoms with van der Waals surface area (Å²) in [6.45, 7) is 4.03. The fourth-order valence-electron chi connectivity index (χ4n) is 2.77. The van der Waals surface area contributed by atoms with Gasteiger partial charge in [0.15, 0.2) is 0 Å². The van der Waals surface area contributed by atoms with Gasteiger partial charge in [-0.15, -0.1) is 0 Å². The molecule has 2 aliphatic heterocycles. The van der Waals surface area contributed by atoms with Crippen molar-refractivity contribution < 1.29 is 9.53 Å². The number of hydrogen-bond acceptors (Lipinski definition) is 4. The molecule has 1 amide bonds. The molecule has 0 radical (unpaired) electrons. The zero-order valence-corrected chi connectivity index (χ0v) is 11.3. The van der Waals surface area contributed by atoms with Gasteiger partial charge in [-0.2, -0.15) is 11.3 Å². The van der Waals surface area contributed by atoms with Gasteiger partial charge in [-0.1, -0.05) is 0 Å². The predicted molar refractivity (Wildman–Crippen MR) is 70.4 cm³/mol. The lowest BCUT2D eigenvalue weighted by Gasteiger charge is -2.32. The second kappa shape index (κ2) is 4.64. The SMILES string of the molecule is CC1(CN2C(=O)CNC2c2ccsc2)CCCO1. The third kappa shape index (κ3) is 2.18. The molecule has 4 nitrogen and oxygen atoms in total. The number of hydrogen-bond donors (Lipinski definition) is 1. The molecule has 0 saturated carbocycles. The van der Waals surface area contributed by atoms with E-state index in [1.165, 1.54) is 5.56 Å². The van der Waals surface area contributed by atoms with Gasteiger partial charge in [-0.05, 0) is 42.2 Å². The van der Waals surface area contributed by atoms with Gasteiger partial charge in [0.25, 0.3) is 0 Å². The van der Waals surface area contributed by atoms with Crippen LogP contribution in [0.1, 0.15) is 31.5 Å². The second-order valence-electron chi connectivity index (χ2n) is 5.26. The number of carbonyl (C=O) groups is 1. The molecule has 0 bridgehead atoms. The monoisotopic (exact) mass is 266 g/mol. The molecule has 1 N–H and O–H groups in total. The standard InChI is InChI=1S/C13H18N2O2S/c1-13(4-2-5-17-13)9-15-11(16)7-14-12(15)10-3-6-18-8-10/h3,6,8,12,14H,2,4-5,7,9H2,1H3. The number of rotatable bonds is 3. The van der Waals surface area contributed by atoms with Crippen LogP contribution in [0.4, 0.5) is 0 Å². The first-order valence-corrected chi connectivity index (χ1v) is 7.31. The normalized spacial score (nSPS) is 32.4. The highest BCUT2D eigenvalue weighted by molar-refractivity contribution is 7.07. The number of nitrogens with zero attached hydrogens (tertiary/aromatic N) is 1. The van der Waals surface area contributed by atoms with Gasteiger partial charge in [0.2, 0.25) is 5.91 Å². The van der Waals surface area contributed by atoms with E-state index < -0.39 is 0 Å². The van der Waals surface area contributed by atoms with Crippen molar-refractivity contribution in [2.75, 3.05) is 19.7 Å². The number of ether oxygens (including phenoxy) is 1. The molecule has 1 aromatic heterocycles. The molecule has 2 atom stereocenters. The minimum atomic E-state index is -0.171. The van der Waals surface area contributed by atoms with Gasteiger partial charge in [0.05, 0.1) is 18.7 Å². The smallest absolute Gasteiger partial charge is 0.238 e. The van der Waals surface area contributed by atoms with Crippen molar-refractivity contribution in [3.05, 3.63) is 22.4 Å². The molecule has 2 saturated heterocycles. The topological polar surface area (TPSA) is 41.6 Å². The summed E-state index contributed by atoms with van der Waals surface area (Å²) >= 11 is 1.66. The first-order chi connectivity index (χ1) is 8.68. The molecule has 2 aliphatic rings. The van der Waals surface area contributed by atoms with E-state index in [2.05, 4.69) is 23.7 Å². The first kappa shape index (κ1) is 12.1. The highest BCUT2D eigenvalue weighted by Gasteiger charge is 2.39. The molecule has 3 heterocycles. The Labute approximate surface area is 111 Å².